The summed E-state index contributed by atoms with van der Waals surface area (Å²) >= 11 is 0. The topological polar surface area (TPSA) is 404 Å². The van der Waals surface area contributed by atoms with Crippen LogP contribution in [0.3, 0.4) is 0 Å². The van der Waals surface area contributed by atoms with Crippen molar-refractivity contribution in [1.82, 2.24) is 0 Å². The van der Waals surface area contributed by atoms with Gasteiger partial charge in [0.1, 0.15) is 63.4 Å². The van der Waals surface area contributed by atoms with Crippen LogP contribution >= 0.6 is 0 Å². The minimum absolute atomic E-state index is 0. The van der Waals surface area contributed by atoms with Crippen molar-refractivity contribution in [1.29, 1.82) is 0 Å². The first-order chi connectivity index (χ1) is 26.8. The number of rotatable bonds is 9. The summed E-state index contributed by atoms with van der Waals surface area (Å²) in [5.74, 6) is -3.64. The van der Waals surface area contributed by atoms with Crippen molar-refractivity contribution in [2.24, 2.45) is 10.2 Å². The van der Waals surface area contributed by atoms with Gasteiger partial charge in [-0.25, -0.2) is 33.7 Å². The molecule has 64 heavy (non-hydrogen) atoms. The van der Waals surface area contributed by atoms with Crippen molar-refractivity contribution in [3.05, 3.63) is 92.7 Å². The van der Waals surface area contributed by atoms with Gasteiger partial charge in [0.15, 0.2) is 0 Å². The quantitative estimate of drug-likeness (QED) is 0.0298. The monoisotopic (exact) mass is 1090 g/mol. The minimum atomic E-state index is -5.46. The van der Waals surface area contributed by atoms with Gasteiger partial charge in [-0.15, -0.1) is 0 Å². The van der Waals surface area contributed by atoms with Gasteiger partial charge in [-0.05, 0) is 82.9 Å². The van der Waals surface area contributed by atoms with E-state index in [1.807, 2.05) is 0 Å². The van der Waals surface area contributed by atoms with Crippen molar-refractivity contribution in [3.8, 4) is 22.6 Å². The van der Waals surface area contributed by atoms with E-state index in [2.05, 4.69) is 21.1 Å². The van der Waals surface area contributed by atoms with E-state index in [0.717, 1.165) is 12.1 Å². The van der Waals surface area contributed by atoms with Gasteiger partial charge in [0.25, 0.3) is 0 Å². The number of allylic oxidation sites excluding steroid dienone is 2. The van der Waals surface area contributed by atoms with E-state index in [0.29, 0.717) is 36.4 Å². The Morgan fingerprint density at radius 2 is 0.812 bits per heavy atom. The number of anilines is 4. The molecule has 2 aliphatic rings. The zero-order valence-electron chi connectivity index (χ0n) is 32.8. The number of carbonyl (C=O) groups excluding carboxylic acids is 2. The Kier molecular flexibility index (Phi) is 22.7. The molecule has 0 fully saturated rings. The third-order valence-corrected chi connectivity index (χ3v) is 11.6. The zero-order chi connectivity index (χ0) is 42.9. The van der Waals surface area contributed by atoms with Crippen molar-refractivity contribution in [2.45, 2.75) is 9.79 Å². The first-order valence-electron chi connectivity index (χ1n) is 15.3. The van der Waals surface area contributed by atoms with Crippen LogP contribution in [0.5, 0.6) is 11.5 Å². The van der Waals surface area contributed by atoms with E-state index in [1.165, 1.54) is 24.3 Å². The molecule has 8 N–H and O–H groups in total. The molecule has 32 heteroatoms. The van der Waals surface area contributed by atoms with E-state index in [-0.39, 0.29) is 175 Å². The number of benzene rings is 4. The fraction of sp³-hybridized carbons (Fsp3) is 0. The molecule has 2 aliphatic carbocycles. The van der Waals surface area contributed by atoms with Crippen LogP contribution in [0.15, 0.2) is 90.5 Å². The van der Waals surface area contributed by atoms with Gasteiger partial charge in [-0.2, -0.15) is 10.2 Å². The normalized spacial score (nSPS) is 14.6. The Balaban J connectivity index is 0.00000661. The predicted molar refractivity (Wildman–Crippen MR) is 199 cm³/mol. The van der Waals surface area contributed by atoms with Crippen LogP contribution < -0.4 is 141 Å². The number of nitrogens with two attached hydrogens (primary N) is 2. The number of fused-ring (bicyclic) bond motifs is 2. The molecule has 0 saturated heterocycles. The summed E-state index contributed by atoms with van der Waals surface area (Å²) in [5, 5.41) is 28.8. The van der Waals surface area contributed by atoms with Crippen LogP contribution in [0.2, 0.25) is 0 Å². The van der Waals surface area contributed by atoms with Gasteiger partial charge < -0.3 is 39.9 Å². The number of aromatic hydroxyl groups is 2. The number of hydrogen-bond acceptors (Lipinski definition) is 22. The molecule has 0 spiro atoms. The molecule has 0 unspecified atom stereocenters. The van der Waals surface area contributed by atoms with Crippen LogP contribution in [0.25, 0.3) is 23.3 Å². The molecule has 0 amide bonds. The summed E-state index contributed by atoms with van der Waals surface area (Å²) in [6.07, 6.45) is 1.21. The van der Waals surface area contributed by atoms with Crippen LogP contribution in [-0.4, -0.2) is 85.1 Å². The minimum Gasteiger partial charge on any atom is -0.744 e. The van der Waals surface area contributed by atoms with E-state index in [9.17, 15) is 71.7 Å². The number of ketones is 2. The summed E-state index contributed by atoms with van der Waals surface area (Å²) in [5.41, 5.74) is 11.1. The number of nitrogens with zero attached hydrogens (tertiary/aromatic N) is 2. The van der Waals surface area contributed by atoms with Gasteiger partial charge in [-0.3, -0.25) is 20.4 Å². The number of hydrazone groups is 2. The van der Waals surface area contributed by atoms with Crippen LogP contribution in [0, 0.1) is 0 Å². The van der Waals surface area contributed by atoms with E-state index >= 15 is 0 Å². The van der Waals surface area contributed by atoms with Gasteiger partial charge in [0.2, 0.25) is 11.6 Å². The van der Waals surface area contributed by atoms with Crippen LogP contribution in [0.1, 0.15) is 31.8 Å². The maximum Gasteiger partial charge on any atom is 1.00 e. The number of phenols is 2. The molecule has 2 radical (unpaired) electrons. The second kappa shape index (κ2) is 23.2. The number of carbonyl (C=O) groups is 2. The Hall–Kier alpha value is -1.48. The number of nitrogen functional groups attached to an aromatic ring is 2. The third kappa shape index (κ3) is 13.4. The first-order valence-corrected chi connectivity index (χ1v) is 21.0. The standard InChI is InChI=1S/C32H24N6O16S4.2Cu.4Na/c33-19-11-17(55(43,44)45)5-15-9-25(57(49,50)51)29(31(41)27(15)19)37-35-21-3-1-13(7-23(21)39)14-2-4-22(24(40)8-14)36-38-30-26(58(52,53)54)10-16-6-18(56(46,47)48)12-20(34)28(16)32(30)42;;;;;;/h1-12,35-36,39-40H,33-34H2,(H,43,44,45)(H,46,47,48)(H,49,50,51)(H,52,53,54);;;;;;/q;;;4*+1/p-4/b37-29-,38-30-;;;;;;. The molecule has 324 valence electrons. The number of Topliss-reactive ketones (excluding diaryl/α,β-unsaturated/α-hetero) is 2. The fourth-order valence-electron chi connectivity index (χ4n) is 5.68. The van der Waals surface area contributed by atoms with Crippen LogP contribution in [-0.2, 0) is 74.6 Å². The van der Waals surface area contributed by atoms with Crippen molar-refractivity contribution >= 4 is 98.4 Å². The van der Waals surface area contributed by atoms with Gasteiger partial charge >= 0.3 is 118 Å². The number of hydrogen-bond donors (Lipinski definition) is 6. The van der Waals surface area contributed by atoms with E-state index in [1.54, 1.807) is 0 Å². The maximum absolute atomic E-state index is 13.3. The van der Waals surface area contributed by atoms with Gasteiger partial charge in [0.05, 0.1) is 42.1 Å². The molecule has 6 rings (SSSR count). The molecule has 4 aromatic rings. The summed E-state index contributed by atoms with van der Waals surface area (Å²) in [6, 6.07) is 9.95. The Morgan fingerprint density at radius 1 is 0.500 bits per heavy atom. The average Bonchev–Trinajstić information content (AvgIpc) is 3.09. The molecule has 22 nitrogen and oxygen atoms in total. The van der Waals surface area contributed by atoms with Crippen LogP contribution in [0.4, 0.5) is 22.7 Å². The van der Waals surface area contributed by atoms with Gasteiger partial charge in [0, 0.05) is 45.5 Å². The predicted octanol–water partition coefficient (Wildman–Crippen LogP) is -11.2. The van der Waals surface area contributed by atoms with Crippen molar-refractivity contribution < 1.29 is 224 Å². The zero-order valence-corrected chi connectivity index (χ0v) is 46.0. The molecule has 0 bridgehead atoms. The molecule has 0 atom stereocenters. The Morgan fingerprint density at radius 3 is 1.08 bits per heavy atom. The summed E-state index contributed by atoms with van der Waals surface area (Å²) in [6.45, 7) is 0. The summed E-state index contributed by atoms with van der Waals surface area (Å²) in [7, 11) is -21.1. The van der Waals surface area contributed by atoms with Crippen molar-refractivity contribution in [3.63, 3.8) is 0 Å². The first kappa shape index (κ1) is 62.5. The third-order valence-electron chi connectivity index (χ3n) is 8.29. The molecule has 0 saturated carbocycles. The van der Waals surface area contributed by atoms with E-state index < -0.39 is 128 Å². The second-order valence-corrected chi connectivity index (χ2v) is 17.5. The SMILES string of the molecule is Nc1cc(S(=O)(=O)[O-])cc2c1C(=O)/C(=N\Nc1ccc(-c3ccc(N/N=C4\C(=O)c5c(N)cc(S(=O)(=O)[O-])cc5C=C4S(=O)(=O)[O-])c(O)c3)cc1O)C(S(=O)(=O)[O-])=C2.[Cu].[Cu].[Na+].[Na+].[Na+].[Na+]. The smallest absolute Gasteiger partial charge is 0.744 e. The van der Waals surface area contributed by atoms with Crippen molar-refractivity contribution in [2.75, 3.05) is 22.3 Å². The Bertz CT molecular complexity index is 2960. The molecule has 0 aliphatic heterocycles. The second-order valence-electron chi connectivity index (χ2n) is 12.1. The maximum atomic E-state index is 13.3. The Labute approximate surface area is 473 Å². The molecule has 4 aromatic carbocycles. The van der Waals surface area contributed by atoms with Gasteiger partial charge in [-0.1, -0.05) is 12.1 Å². The molecular formula is C32H20Cu2N6Na4O16S4. The van der Waals surface area contributed by atoms with E-state index in [4.69, 9.17) is 11.5 Å². The fourth-order valence-corrected chi connectivity index (χ4v) is 8.05. The molecular weight excluding hydrogens is 1070 g/mol. The number of nitrogens with one attached hydrogen (secondary N) is 2. The average molecular weight is 1090 g/mol. The summed E-state index contributed by atoms with van der Waals surface area (Å²) < 4.78 is 141. The molecule has 0 heterocycles. The number of phenolic OH excluding ortho intramolecular Hbond substituents is 2. The summed E-state index contributed by atoms with van der Waals surface area (Å²) in [4.78, 5) is 22.3. The largest absolute Gasteiger partial charge is 1.00 e. The molecule has 0 aromatic heterocycles.